The average molecular weight is 397 g/mol. The lowest BCUT2D eigenvalue weighted by molar-refractivity contribution is -0.152. The number of aromatic nitrogens is 1. The summed E-state index contributed by atoms with van der Waals surface area (Å²) in [5.41, 5.74) is 2.21. The molecule has 152 valence electrons. The number of aryl methyl sites for hydroxylation is 2. The number of esters is 1. The van der Waals surface area contributed by atoms with Crippen LogP contribution in [0.1, 0.15) is 29.4 Å². The van der Waals surface area contributed by atoms with Gasteiger partial charge >= 0.3 is 5.97 Å². The van der Waals surface area contributed by atoms with Crippen LogP contribution in [0.25, 0.3) is 0 Å². The van der Waals surface area contributed by atoms with Crippen LogP contribution in [0.3, 0.4) is 0 Å². The molecule has 8 heteroatoms. The zero-order valence-corrected chi connectivity index (χ0v) is 16.4. The summed E-state index contributed by atoms with van der Waals surface area (Å²) in [6.07, 6.45) is 2.61. The van der Waals surface area contributed by atoms with Gasteiger partial charge in [-0.2, -0.15) is 0 Å². The molecule has 1 aliphatic rings. The minimum atomic E-state index is -0.721. The zero-order valence-electron chi connectivity index (χ0n) is 16.4. The Kier molecular flexibility index (Phi) is 6.11. The summed E-state index contributed by atoms with van der Waals surface area (Å²) in [5, 5.41) is 2.17. The van der Waals surface area contributed by atoms with E-state index in [1.54, 1.807) is 34.8 Å². The molecule has 0 saturated carbocycles. The fourth-order valence-corrected chi connectivity index (χ4v) is 3.20. The maximum Gasteiger partial charge on any atom is 0.311 e. The summed E-state index contributed by atoms with van der Waals surface area (Å²) in [6.45, 7) is 1.67. The second-order valence-electron chi connectivity index (χ2n) is 6.91. The molecule has 2 heterocycles. The van der Waals surface area contributed by atoms with Gasteiger partial charge in [0.2, 0.25) is 5.91 Å². The number of nitrogens with zero attached hydrogens (tertiary/aromatic N) is 2. The molecule has 1 aromatic carbocycles. The molecule has 1 atom stereocenters. The van der Waals surface area contributed by atoms with Gasteiger partial charge in [-0.05, 0) is 36.2 Å². The fraction of sp³-hybridized carbons (Fsp3) is 0.333. The highest BCUT2D eigenvalue weighted by molar-refractivity contribution is 6.04. The number of hydrogen-bond acceptors (Lipinski definition) is 5. The Hall–Kier alpha value is -3.42. The van der Waals surface area contributed by atoms with Gasteiger partial charge in [-0.1, -0.05) is 19.1 Å². The van der Waals surface area contributed by atoms with Crippen LogP contribution in [-0.4, -0.2) is 41.4 Å². The predicted molar refractivity (Wildman–Crippen MR) is 105 cm³/mol. The van der Waals surface area contributed by atoms with Crippen LogP contribution in [0.15, 0.2) is 42.6 Å². The molecule has 0 unspecified atom stereocenters. The molecule has 1 fully saturated rings. The zero-order chi connectivity index (χ0) is 21.0. The number of hydrogen-bond donors (Lipinski definition) is 1. The topological polar surface area (TPSA) is 97.7 Å². The largest absolute Gasteiger partial charge is 0.455 e. The number of amides is 3. The van der Waals surface area contributed by atoms with E-state index >= 15 is 0 Å². The molecule has 0 aliphatic carbocycles. The smallest absolute Gasteiger partial charge is 0.311 e. The number of rotatable bonds is 6. The summed E-state index contributed by atoms with van der Waals surface area (Å²) in [4.78, 5) is 50.0. The van der Waals surface area contributed by atoms with Crippen molar-refractivity contribution in [2.24, 2.45) is 13.0 Å². The van der Waals surface area contributed by atoms with Crippen LogP contribution in [-0.2, 0) is 32.6 Å². The quantitative estimate of drug-likeness (QED) is 0.744. The maximum absolute atomic E-state index is 12.3. The molecule has 3 amide bonds. The van der Waals surface area contributed by atoms with Gasteiger partial charge in [0.25, 0.3) is 11.8 Å². The van der Waals surface area contributed by atoms with E-state index in [4.69, 9.17) is 4.74 Å². The van der Waals surface area contributed by atoms with Gasteiger partial charge in [0, 0.05) is 31.9 Å². The number of ether oxygens (including phenoxy) is 1. The molecule has 1 saturated heterocycles. The summed E-state index contributed by atoms with van der Waals surface area (Å²) < 4.78 is 6.59. The van der Waals surface area contributed by atoms with Crippen LogP contribution < -0.4 is 10.2 Å². The summed E-state index contributed by atoms with van der Waals surface area (Å²) in [5.74, 6) is -2.74. The first-order chi connectivity index (χ1) is 13.9. The molecule has 3 rings (SSSR count). The first-order valence-electron chi connectivity index (χ1n) is 9.40. The molecule has 29 heavy (non-hydrogen) atoms. The monoisotopic (exact) mass is 397 g/mol. The third-order valence-corrected chi connectivity index (χ3v) is 4.89. The second-order valence-corrected chi connectivity index (χ2v) is 6.91. The molecule has 1 aromatic heterocycles. The molecule has 2 aromatic rings. The van der Waals surface area contributed by atoms with Crippen molar-refractivity contribution in [2.45, 2.75) is 19.8 Å². The number of anilines is 1. The number of benzene rings is 1. The van der Waals surface area contributed by atoms with Crippen LogP contribution in [0.5, 0.6) is 0 Å². The van der Waals surface area contributed by atoms with Crippen LogP contribution >= 0.6 is 0 Å². The van der Waals surface area contributed by atoms with Gasteiger partial charge in [0.1, 0.15) is 5.69 Å². The molecule has 8 nitrogen and oxygen atoms in total. The lowest BCUT2D eigenvalue weighted by atomic mass is 10.1. The predicted octanol–water partition coefficient (Wildman–Crippen LogP) is 1.44. The van der Waals surface area contributed by atoms with Gasteiger partial charge in [0.05, 0.1) is 5.92 Å². The van der Waals surface area contributed by atoms with Crippen molar-refractivity contribution in [1.82, 2.24) is 9.88 Å². The molecule has 0 bridgehead atoms. The van der Waals surface area contributed by atoms with E-state index in [1.807, 2.05) is 31.2 Å². The average Bonchev–Trinajstić information content (AvgIpc) is 3.32. The SMILES string of the molecule is CCc1ccc(N2C[C@H](C(=O)OCC(=O)NC(=O)c3cccn3C)CC2=O)cc1. The minimum absolute atomic E-state index is 0.0261. The third kappa shape index (κ3) is 4.71. The van der Waals surface area contributed by atoms with Crippen LogP contribution in [0, 0.1) is 5.92 Å². The molecule has 0 radical (unpaired) electrons. The molecule has 0 spiro atoms. The highest BCUT2D eigenvalue weighted by Crippen LogP contribution is 2.26. The highest BCUT2D eigenvalue weighted by Gasteiger charge is 2.36. The van der Waals surface area contributed by atoms with Crippen LogP contribution in [0.4, 0.5) is 5.69 Å². The van der Waals surface area contributed by atoms with Crippen molar-refractivity contribution in [3.05, 3.63) is 53.9 Å². The van der Waals surface area contributed by atoms with E-state index < -0.39 is 30.3 Å². The molecular formula is C21H23N3O5. The van der Waals surface area contributed by atoms with Crippen molar-refractivity contribution in [1.29, 1.82) is 0 Å². The van der Waals surface area contributed by atoms with E-state index in [-0.39, 0.29) is 18.9 Å². The van der Waals surface area contributed by atoms with Crippen molar-refractivity contribution in [3.8, 4) is 0 Å². The van der Waals surface area contributed by atoms with E-state index in [0.717, 1.165) is 17.7 Å². The Bertz CT molecular complexity index is 932. The van der Waals surface area contributed by atoms with Gasteiger partial charge in [-0.25, -0.2) is 0 Å². The summed E-state index contributed by atoms with van der Waals surface area (Å²) in [7, 11) is 1.68. The second kappa shape index (κ2) is 8.72. The highest BCUT2D eigenvalue weighted by atomic mass is 16.5. The standard InChI is InChI=1S/C21H23N3O5/c1-3-14-6-8-16(9-7-14)24-12-15(11-19(24)26)21(28)29-13-18(25)22-20(27)17-5-4-10-23(17)2/h4-10,15H,3,11-13H2,1-2H3,(H,22,25,27)/t15-/m1/s1. The van der Waals surface area contributed by atoms with Crippen molar-refractivity contribution >= 4 is 29.4 Å². The van der Waals surface area contributed by atoms with Crippen molar-refractivity contribution in [3.63, 3.8) is 0 Å². The fourth-order valence-electron chi connectivity index (χ4n) is 3.20. The van der Waals surface area contributed by atoms with E-state index in [1.165, 1.54) is 0 Å². The van der Waals surface area contributed by atoms with Gasteiger partial charge < -0.3 is 14.2 Å². The molecule has 1 aliphatic heterocycles. The van der Waals surface area contributed by atoms with E-state index in [9.17, 15) is 19.2 Å². The summed E-state index contributed by atoms with van der Waals surface area (Å²) >= 11 is 0. The minimum Gasteiger partial charge on any atom is -0.455 e. The van der Waals surface area contributed by atoms with Crippen LogP contribution in [0.2, 0.25) is 0 Å². The maximum atomic E-state index is 12.3. The Morgan fingerprint density at radius 3 is 2.52 bits per heavy atom. The first kappa shape index (κ1) is 20.3. The number of carbonyl (C=O) groups is 4. The molecular weight excluding hydrogens is 374 g/mol. The first-order valence-corrected chi connectivity index (χ1v) is 9.40. The van der Waals surface area contributed by atoms with Crippen molar-refractivity contribution in [2.75, 3.05) is 18.1 Å². The lowest BCUT2D eigenvalue weighted by Gasteiger charge is -2.17. The number of carbonyl (C=O) groups excluding carboxylic acids is 4. The van der Waals surface area contributed by atoms with Crippen molar-refractivity contribution < 1.29 is 23.9 Å². The van der Waals surface area contributed by atoms with Gasteiger partial charge in [-0.15, -0.1) is 0 Å². The Morgan fingerprint density at radius 1 is 1.17 bits per heavy atom. The van der Waals surface area contributed by atoms with E-state index in [0.29, 0.717) is 5.69 Å². The Morgan fingerprint density at radius 2 is 1.90 bits per heavy atom. The number of nitrogens with one attached hydrogen (secondary N) is 1. The van der Waals surface area contributed by atoms with Gasteiger partial charge in [-0.3, -0.25) is 24.5 Å². The Balaban J connectivity index is 1.50. The van der Waals surface area contributed by atoms with Gasteiger partial charge in [0.15, 0.2) is 6.61 Å². The Labute approximate surface area is 168 Å². The molecule has 1 N–H and O–H groups in total. The normalized spacial score (nSPS) is 16.0. The lowest BCUT2D eigenvalue weighted by Crippen LogP contribution is -2.36. The number of imide groups is 1. The van der Waals surface area contributed by atoms with E-state index in [2.05, 4.69) is 5.32 Å². The third-order valence-electron chi connectivity index (χ3n) is 4.89. The summed E-state index contributed by atoms with van der Waals surface area (Å²) in [6, 6.07) is 10.9.